The summed E-state index contributed by atoms with van der Waals surface area (Å²) in [6.07, 6.45) is 0. The van der Waals surface area contributed by atoms with Crippen LogP contribution in [0.5, 0.6) is 0 Å². The molecule has 0 saturated carbocycles. The van der Waals surface area contributed by atoms with Gasteiger partial charge in [-0.15, -0.1) is 0 Å². The van der Waals surface area contributed by atoms with Crippen molar-refractivity contribution in [2.75, 3.05) is 0 Å². The molecule has 0 fully saturated rings. The van der Waals surface area contributed by atoms with Crippen LogP contribution in [0, 0.1) is 0 Å². The van der Waals surface area contributed by atoms with E-state index in [1.807, 2.05) is 0 Å². The zero-order chi connectivity index (χ0) is 8.08. The van der Waals surface area contributed by atoms with Crippen molar-refractivity contribution in [3.8, 4) is 0 Å². The zero-order valence-electron chi connectivity index (χ0n) is 4.54. The summed E-state index contributed by atoms with van der Waals surface area (Å²) < 4.78 is 48.3. The summed E-state index contributed by atoms with van der Waals surface area (Å²) >= 11 is 0.0394. The minimum atomic E-state index is -3.97. The second-order valence-corrected chi connectivity index (χ2v) is 3.42. The van der Waals surface area contributed by atoms with Crippen LogP contribution in [0.25, 0.3) is 0 Å². The Morgan fingerprint density at radius 2 is 1.27 bits per heavy atom. The summed E-state index contributed by atoms with van der Waals surface area (Å²) in [5.41, 5.74) is 0. The first-order chi connectivity index (χ1) is 3.73. The molecule has 0 aliphatic carbocycles. The van der Waals surface area contributed by atoms with Gasteiger partial charge in [-0.05, 0) is 11.7 Å². The first kappa shape index (κ1) is 22.9. The average Bonchev–Trinajstić information content (AvgIpc) is 1.19. The van der Waals surface area contributed by atoms with Crippen molar-refractivity contribution in [1.82, 2.24) is 6.15 Å². The third kappa shape index (κ3) is 439. The van der Waals surface area contributed by atoms with E-state index in [2.05, 4.69) is 11.7 Å². The molecule has 0 rings (SSSR count). The Kier molecular flexibility index (Phi) is 24.0. The van der Waals surface area contributed by atoms with Gasteiger partial charge < -0.3 is 6.15 Å². The van der Waals surface area contributed by atoms with Gasteiger partial charge in [-0.2, -0.15) is 12.6 Å². The van der Waals surface area contributed by atoms with Gasteiger partial charge in [0.25, 0.3) is 11.4 Å². The molecule has 70 valence electrons. The fourth-order valence-corrected chi connectivity index (χ4v) is 0. The number of rotatable bonds is 0. The van der Waals surface area contributed by atoms with Crippen LogP contribution < -0.4 is 6.15 Å². The van der Waals surface area contributed by atoms with Crippen LogP contribution in [0.3, 0.4) is 0 Å². The van der Waals surface area contributed by atoms with Crippen LogP contribution in [0.1, 0.15) is 0 Å². The van der Waals surface area contributed by atoms with E-state index in [0.29, 0.717) is 0 Å². The third-order valence-corrected chi connectivity index (χ3v) is 0. The van der Waals surface area contributed by atoms with Gasteiger partial charge in [0.1, 0.15) is 0 Å². The fraction of sp³-hybridized carbons (Fsp3) is 0. The summed E-state index contributed by atoms with van der Waals surface area (Å²) in [5, 5.41) is 0. The molecule has 0 bridgehead atoms. The van der Waals surface area contributed by atoms with E-state index in [-0.39, 0.29) is 43.9 Å². The van der Waals surface area contributed by atoms with Gasteiger partial charge in [0.2, 0.25) is 0 Å². The van der Waals surface area contributed by atoms with Crippen LogP contribution in [0.4, 0.5) is 0 Å². The Bertz CT molecular complexity index is 160. The van der Waals surface area contributed by atoms with E-state index in [9.17, 15) is 0 Å². The van der Waals surface area contributed by atoms with Crippen molar-refractivity contribution in [2.24, 2.45) is 0 Å². The second kappa shape index (κ2) is 11.5. The monoisotopic (exact) mass is 255 g/mol. The third-order valence-electron chi connectivity index (χ3n) is 0. The summed E-state index contributed by atoms with van der Waals surface area (Å²) in [5.74, 6) is 0. The predicted molar refractivity (Wildman–Crippen MR) is 47.5 cm³/mol. The van der Waals surface area contributed by atoms with Gasteiger partial charge in [0.15, 0.2) is 0 Å². The first-order valence-corrected chi connectivity index (χ1v) is 4.79. The van der Waals surface area contributed by atoms with Crippen molar-refractivity contribution >= 4 is 69.9 Å². The molecule has 0 heterocycles. The number of hydrogen-bond acceptors (Lipinski definition) is 4. The molecule has 0 aliphatic rings. The SMILES string of the molecule is N.O=S(=O)(O)S.O=S(O)O.[CaH2]. The molecule has 11 heavy (non-hydrogen) atoms. The molecular formula is H9CaNO6S3. The molecule has 11 heteroatoms. The van der Waals surface area contributed by atoms with E-state index in [1.54, 1.807) is 0 Å². The van der Waals surface area contributed by atoms with Crippen LogP contribution in [0.15, 0.2) is 0 Å². The van der Waals surface area contributed by atoms with Crippen molar-refractivity contribution in [1.29, 1.82) is 0 Å². The van der Waals surface area contributed by atoms with Crippen LogP contribution in [0.2, 0.25) is 0 Å². The van der Waals surface area contributed by atoms with Crippen molar-refractivity contribution in [3.63, 3.8) is 0 Å². The Morgan fingerprint density at radius 3 is 1.27 bits per heavy atom. The van der Waals surface area contributed by atoms with Gasteiger partial charge >= 0.3 is 46.9 Å². The van der Waals surface area contributed by atoms with E-state index in [4.69, 9.17) is 26.3 Å². The molecule has 0 aliphatic heterocycles. The molecule has 6 N–H and O–H groups in total. The topological polar surface area (TPSA) is 147 Å². The maximum absolute atomic E-state index is 9.05. The van der Waals surface area contributed by atoms with E-state index in [1.165, 1.54) is 0 Å². The Morgan fingerprint density at radius 1 is 1.27 bits per heavy atom. The average molecular weight is 255 g/mol. The van der Waals surface area contributed by atoms with E-state index < -0.39 is 20.5 Å². The van der Waals surface area contributed by atoms with Gasteiger partial charge in [-0.3, -0.25) is 13.7 Å². The molecular weight excluding hydrogens is 246 g/mol. The van der Waals surface area contributed by atoms with Crippen molar-refractivity contribution in [2.45, 2.75) is 0 Å². The first-order valence-electron chi connectivity index (χ1n) is 1.23. The van der Waals surface area contributed by atoms with Gasteiger partial charge in [-0.1, -0.05) is 0 Å². The quantitative estimate of drug-likeness (QED) is 0.118. The van der Waals surface area contributed by atoms with E-state index in [0.717, 1.165) is 0 Å². The second-order valence-electron chi connectivity index (χ2n) is 0.679. The number of thiol groups is 1. The summed E-state index contributed by atoms with van der Waals surface area (Å²) in [4.78, 5) is 0. The molecule has 0 atom stereocenters. The zero-order valence-corrected chi connectivity index (χ0v) is 7.06. The molecule has 0 unspecified atom stereocenters. The van der Waals surface area contributed by atoms with Crippen LogP contribution in [-0.4, -0.2) is 64.0 Å². The fourth-order valence-electron chi connectivity index (χ4n) is 0. The van der Waals surface area contributed by atoms with Crippen molar-refractivity contribution in [3.05, 3.63) is 0 Å². The van der Waals surface area contributed by atoms with Crippen LogP contribution in [-0.2, 0) is 20.5 Å². The molecule has 7 nitrogen and oxygen atoms in total. The molecule has 0 amide bonds. The predicted octanol–water partition coefficient (Wildman–Crippen LogP) is -1.35. The summed E-state index contributed by atoms with van der Waals surface area (Å²) in [7, 11) is -3.97. The van der Waals surface area contributed by atoms with Crippen molar-refractivity contribution < 1.29 is 26.3 Å². The van der Waals surface area contributed by atoms with Crippen LogP contribution >= 0.6 is 11.7 Å². The molecule has 0 aromatic heterocycles. The normalized spacial score (nSPS) is 8.45. The number of hydrogen-bond donors (Lipinski definition) is 5. The maximum atomic E-state index is 9.05. The van der Waals surface area contributed by atoms with Gasteiger partial charge in [0, 0.05) is 0 Å². The minimum absolute atomic E-state index is 0. The summed E-state index contributed by atoms with van der Waals surface area (Å²) in [6.45, 7) is 0. The Hall–Kier alpha value is 1.55. The van der Waals surface area contributed by atoms with Gasteiger partial charge in [0.05, 0.1) is 0 Å². The van der Waals surface area contributed by atoms with E-state index >= 15 is 0 Å². The Labute approximate surface area is 101 Å². The van der Waals surface area contributed by atoms with Gasteiger partial charge in [-0.25, -0.2) is 0 Å². The molecule has 0 aromatic carbocycles. The molecule has 0 radical (unpaired) electrons. The summed E-state index contributed by atoms with van der Waals surface area (Å²) in [6, 6.07) is 0. The Balaban J connectivity index is -0.0000000383. The standard InChI is InChI=1S/Ca.H3N.H2O3S2.H2O3S.2H/c;;1-5(2,3)4;1-4(2)3;;/h;1H3;(H2,1,2,3,4);(H2,1,2,3);;. The molecule has 0 saturated heterocycles. The molecule has 0 aromatic rings. The molecule has 0 spiro atoms.